The highest BCUT2D eigenvalue weighted by atomic mass is 19.4. The molecule has 1 saturated carbocycles. The first-order valence-corrected chi connectivity index (χ1v) is 8.59. The summed E-state index contributed by atoms with van der Waals surface area (Å²) in [7, 11) is 0. The number of hydrogen-bond donors (Lipinski definition) is 2. The largest absolute Gasteiger partial charge is 0.491 e. The molecule has 8 heteroatoms. The highest BCUT2D eigenvalue weighted by Crippen LogP contribution is 2.43. The van der Waals surface area contributed by atoms with E-state index in [1.54, 1.807) is 0 Å². The van der Waals surface area contributed by atoms with Crippen molar-refractivity contribution in [1.82, 2.24) is 0 Å². The monoisotopic (exact) mass is 374 g/mol. The van der Waals surface area contributed by atoms with Crippen molar-refractivity contribution in [1.29, 1.82) is 0 Å². The van der Waals surface area contributed by atoms with Crippen molar-refractivity contribution in [3.63, 3.8) is 0 Å². The molecule has 2 N–H and O–H groups in total. The number of alkyl halides is 3. The number of benzene rings is 1. The normalized spacial score (nSPS) is 29.3. The van der Waals surface area contributed by atoms with Crippen molar-refractivity contribution in [3.05, 3.63) is 29.8 Å². The van der Waals surface area contributed by atoms with Crippen LogP contribution < -0.4 is 4.74 Å². The molecule has 1 aromatic rings. The maximum atomic E-state index is 12.7. The number of fused-ring (bicyclic) bond motifs is 1. The van der Waals surface area contributed by atoms with Gasteiger partial charge in [-0.1, -0.05) is 6.07 Å². The molecule has 1 aromatic carbocycles. The minimum atomic E-state index is -4.45. The molecule has 0 amide bonds. The van der Waals surface area contributed by atoms with E-state index in [4.69, 9.17) is 9.47 Å². The van der Waals surface area contributed by atoms with Crippen molar-refractivity contribution >= 4 is 5.97 Å². The summed E-state index contributed by atoms with van der Waals surface area (Å²) in [6.07, 6.45) is -4.65. The van der Waals surface area contributed by atoms with Gasteiger partial charge in [-0.25, -0.2) is 0 Å². The third kappa shape index (κ3) is 4.29. The molecular formula is C18H21F3O5. The second-order valence-corrected chi connectivity index (χ2v) is 6.93. The molecule has 1 saturated heterocycles. The van der Waals surface area contributed by atoms with E-state index in [0.717, 1.165) is 12.1 Å². The predicted molar refractivity (Wildman–Crippen MR) is 84.3 cm³/mol. The third-order valence-electron chi connectivity index (χ3n) is 5.12. The van der Waals surface area contributed by atoms with Crippen molar-refractivity contribution in [2.24, 2.45) is 11.8 Å². The van der Waals surface area contributed by atoms with E-state index < -0.39 is 23.9 Å². The van der Waals surface area contributed by atoms with Gasteiger partial charge in [-0.2, -0.15) is 13.2 Å². The molecule has 3 rings (SSSR count). The minimum absolute atomic E-state index is 0.0333. The number of hydrogen-bond acceptors (Lipinski definition) is 5. The van der Waals surface area contributed by atoms with Crippen LogP contribution in [0.2, 0.25) is 0 Å². The number of aliphatic hydroxyl groups is 2. The van der Waals surface area contributed by atoms with E-state index in [9.17, 15) is 28.2 Å². The summed E-state index contributed by atoms with van der Waals surface area (Å²) in [4.78, 5) is 11.4. The summed E-state index contributed by atoms with van der Waals surface area (Å²) in [5.41, 5.74) is -0.810. The van der Waals surface area contributed by atoms with Gasteiger partial charge in [0.2, 0.25) is 0 Å². The van der Waals surface area contributed by atoms with E-state index in [0.29, 0.717) is 19.3 Å². The minimum Gasteiger partial charge on any atom is -0.491 e. The van der Waals surface area contributed by atoms with Gasteiger partial charge in [-0.15, -0.1) is 0 Å². The maximum Gasteiger partial charge on any atom is 0.416 e. The van der Waals surface area contributed by atoms with Gasteiger partial charge in [0.15, 0.2) is 0 Å². The smallest absolute Gasteiger partial charge is 0.416 e. The molecule has 0 spiro atoms. The fourth-order valence-electron chi connectivity index (χ4n) is 3.81. The second kappa shape index (κ2) is 7.44. The maximum absolute atomic E-state index is 12.7. The Labute approximate surface area is 148 Å². The third-order valence-corrected chi connectivity index (χ3v) is 5.12. The summed E-state index contributed by atoms with van der Waals surface area (Å²) in [6.45, 7) is -0.145. The van der Waals surface area contributed by atoms with Crippen molar-refractivity contribution in [2.75, 3.05) is 6.61 Å². The molecule has 5 atom stereocenters. The molecule has 2 fully saturated rings. The highest BCUT2D eigenvalue weighted by molar-refractivity contribution is 5.72. The van der Waals surface area contributed by atoms with Crippen LogP contribution in [0.15, 0.2) is 24.3 Å². The van der Waals surface area contributed by atoms with Gasteiger partial charge in [0.05, 0.1) is 24.2 Å². The van der Waals surface area contributed by atoms with Gasteiger partial charge < -0.3 is 19.7 Å². The molecule has 1 heterocycles. The molecule has 144 valence electrons. The summed E-state index contributed by atoms with van der Waals surface area (Å²) in [5, 5.41) is 20.1. The number of carbonyl (C=O) groups is 1. The fraction of sp³-hybridized carbons (Fsp3) is 0.611. The van der Waals surface area contributed by atoms with Crippen LogP contribution in [0.4, 0.5) is 13.2 Å². The van der Waals surface area contributed by atoms with Gasteiger partial charge in [0.1, 0.15) is 18.5 Å². The number of rotatable bonds is 6. The first-order chi connectivity index (χ1) is 12.2. The van der Waals surface area contributed by atoms with Crippen LogP contribution >= 0.6 is 0 Å². The van der Waals surface area contributed by atoms with Gasteiger partial charge >= 0.3 is 12.1 Å². The fourth-order valence-corrected chi connectivity index (χ4v) is 3.81. The van der Waals surface area contributed by atoms with E-state index in [1.165, 1.54) is 12.1 Å². The Kier molecular flexibility index (Phi) is 5.43. The summed E-state index contributed by atoms with van der Waals surface area (Å²) >= 11 is 0. The zero-order chi connectivity index (χ0) is 18.9. The average molecular weight is 374 g/mol. The second-order valence-electron chi connectivity index (χ2n) is 6.93. The molecule has 0 bridgehead atoms. The molecule has 1 aliphatic heterocycles. The Balaban J connectivity index is 1.47. The number of ether oxygens (including phenoxy) is 2. The zero-order valence-electron chi connectivity index (χ0n) is 14.0. The van der Waals surface area contributed by atoms with Crippen molar-refractivity contribution in [3.8, 4) is 5.75 Å². The van der Waals surface area contributed by atoms with E-state index in [-0.39, 0.29) is 42.7 Å². The lowest BCUT2D eigenvalue weighted by Gasteiger charge is -2.21. The van der Waals surface area contributed by atoms with Crippen molar-refractivity contribution in [2.45, 2.75) is 50.2 Å². The first-order valence-electron chi connectivity index (χ1n) is 8.59. The average Bonchev–Trinajstić information content (AvgIpc) is 3.05. The Hall–Kier alpha value is -1.80. The van der Waals surface area contributed by atoms with E-state index in [2.05, 4.69) is 0 Å². The molecule has 0 radical (unpaired) electrons. The molecule has 5 nitrogen and oxygen atoms in total. The summed E-state index contributed by atoms with van der Waals surface area (Å²) in [6, 6.07) is 4.48. The Morgan fingerprint density at radius 2 is 2.12 bits per heavy atom. The standard InChI is InChI=1S/C18H21F3O5/c19-18(20,21)10-2-1-3-12(6-10)25-9-11(22)4-5-13-14-7-17(24)26-16(14)8-15(13)23/h1-3,6,11,13-16,22-23H,4-5,7-9H2/t11-,13-,14?,15-,16+/m1/s1. The van der Waals surface area contributed by atoms with Crippen LogP contribution in [-0.2, 0) is 15.7 Å². The molecule has 0 aromatic heterocycles. The number of aliphatic hydroxyl groups excluding tert-OH is 2. The SMILES string of the molecule is O=C1CC2[C@H](C[C@@H](O)[C@@H]2CC[C@@H](O)COc2cccc(C(F)(F)F)c2)O1. The summed E-state index contributed by atoms with van der Waals surface area (Å²) in [5.74, 6) is -0.385. The Morgan fingerprint density at radius 3 is 2.85 bits per heavy atom. The van der Waals surface area contributed by atoms with Crippen LogP contribution in [0.1, 0.15) is 31.2 Å². The lowest BCUT2D eigenvalue weighted by molar-refractivity contribution is -0.142. The van der Waals surface area contributed by atoms with Crippen LogP contribution in [-0.4, -0.2) is 41.1 Å². The molecule has 26 heavy (non-hydrogen) atoms. The number of esters is 1. The van der Waals surface area contributed by atoms with Gasteiger partial charge in [0.25, 0.3) is 0 Å². The molecule has 1 aliphatic carbocycles. The van der Waals surface area contributed by atoms with Crippen LogP contribution in [0.5, 0.6) is 5.75 Å². The molecular weight excluding hydrogens is 353 g/mol. The van der Waals surface area contributed by atoms with E-state index in [1.807, 2.05) is 0 Å². The van der Waals surface area contributed by atoms with Crippen LogP contribution in [0, 0.1) is 11.8 Å². The number of carbonyl (C=O) groups excluding carboxylic acids is 1. The lowest BCUT2D eigenvalue weighted by atomic mass is 9.87. The van der Waals surface area contributed by atoms with E-state index >= 15 is 0 Å². The Morgan fingerprint density at radius 1 is 1.35 bits per heavy atom. The predicted octanol–water partition coefficient (Wildman–Crippen LogP) is 2.54. The quantitative estimate of drug-likeness (QED) is 0.749. The number of halogens is 3. The Bertz CT molecular complexity index is 648. The lowest BCUT2D eigenvalue weighted by Crippen LogP contribution is -2.24. The van der Waals surface area contributed by atoms with Gasteiger partial charge in [0, 0.05) is 12.3 Å². The summed E-state index contributed by atoms with van der Waals surface area (Å²) < 4.78 is 48.4. The molecule has 1 unspecified atom stereocenters. The van der Waals surface area contributed by atoms with Gasteiger partial charge in [-0.05, 0) is 37.0 Å². The van der Waals surface area contributed by atoms with Gasteiger partial charge in [-0.3, -0.25) is 4.79 Å². The zero-order valence-corrected chi connectivity index (χ0v) is 14.0. The first kappa shape index (κ1) is 19.0. The highest BCUT2D eigenvalue weighted by Gasteiger charge is 2.49. The molecule has 2 aliphatic rings. The topological polar surface area (TPSA) is 76.0 Å². The van der Waals surface area contributed by atoms with Crippen LogP contribution in [0.3, 0.4) is 0 Å². The van der Waals surface area contributed by atoms with Crippen molar-refractivity contribution < 1.29 is 37.7 Å². The van der Waals surface area contributed by atoms with Crippen LogP contribution in [0.25, 0.3) is 0 Å².